The number of hydrogen-bond acceptors (Lipinski definition) is 7. The molecule has 3 aliphatic heterocycles. The van der Waals surface area contributed by atoms with Crippen LogP contribution < -0.4 is 0 Å². The van der Waals surface area contributed by atoms with E-state index in [0.29, 0.717) is 36.4 Å². The lowest BCUT2D eigenvalue weighted by molar-refractivity contribution is -0.148. The van der Waals surface area contributed by atoms with E-state index in [-0.39, 0.29) is 12.5 Å². The molecule has 3 aliphatic rings. The third-order valence-corrected chi connectivity index (χ3v) is 9.00. The Labute approximate surface area is 266 Å². The number of pyridine rings is 1. The van der Waals surface area contributed by atoms with E-state index >= 15 is 0 Å². The van der Waals surface area contributed by atoms with Gasteiger partial charge in [-0.05, 0) is 41.8 Å². The van der Waals surface area contributed by atoms with Crippen LogP contribution in [-0.4, -0.2) is 131 Å². The summed E-state index contributed by atoms with van der Waals surface area (Å²) in [5, 5.41) is 4.66. The molecule has 0 saturated carbocycles. The number of alkyl halides is 3. The minimum Gasteiger partial charge on any atom is -0.379 e. The number of morpholine rings is 1. The number of rotatable bonds is 9. The summed E-state index contributed by atoms with van der Waals surface area (Å²) in [4.78, 5) is 38.5. The fourth-order valence-corrected chi connectivity index (χ4v) is 6.24. The van der Waals surface area contributed by atoms with E-state index < -0.39 is 24.9 Å². The summed E-state index contributed by atoms with van der Waals surface area (Å²) in [6, 6.07) is 11.5. The number of amides is 2. The number of fused-ring (bicyclic) bond motifs is 1. The van der Waals surface area contributed by atoms with Crippen LogP contribution in [0.2, 0.25) is 0 Å². The molecule has 2 fully saturated rings. The fourth-order valence-electron chi connectivity index (χ4n) is 6.24. The molecule has 3 aromatic rings. The van der Waals surface area contributed by atoms with Crippen LogP contribution in [0.3, 0.4) is 0 Å². The first-order chi connectivity index (χ1) is 22.2. The molecule has 10 nitrogen and oxygen atoms in total. The van der Waals surface area contributed by atoms with Crippen molar-refractivity contribution in [3.05, 3.63) is 71.2 Å². The van der Waals surface area contributed by atoms with Crippen LogP contribution in [0.1, 0.15) is 46.6 Å². The van der Waals surface area contributed by atoms with Gasteiger partial charge in [0.25, 0.3) is 5.91 Å². The summed E-state index contributed by atoms with van der Waals surface area (Å²) in [5.74, 6) is 0.206. The van der Waals surface area contributed by atoms with Gasteiger partial charge in [-0.25, -0.2) is 9.50 Å². The summed E-state index contributed by atoms with van der Waals surface area (Å²) in [6.45, 7) is 9.49. The second-order valence-electron chi connectivity index (χ2n) is 12.1. The van der Waals surface area contributed by atoms with Crippen molar-refractivity contribution in [3.8, 4) is 0 Å². The topological polar surface area (TPSA) is 86.5 Å². The maximum absolute atomic E-state index is 13.2. The molecular weight excluding hydrogens is 599 g/mol. The van der Waals surface area contributed by atoms with Crippen molar-refractivity contribution in [1.29, 1.82) is 0 Å². The van der Waals surface area contributed by atoms with Crippen LogP contribution in [0.15, 0.2) is 48.7 Å². The first-order valence-electron chi connectivity index (χ1n) is 16.0. The molecule has 13 heteroatoms. The van der Waals surface area contributed by atoms with Crippen molar-refractivity contribution in [2.75, 3.05) is 78.7 Å². The number of carbonyl (C=O) groups is 2. The van der Waals surface area contributed by atoms with E-state index in [1.165, 1.54) is 4.90 Å². The molecule has 2 saturated heterocycles. The molecule has 46 heavy (non-hydrogen) atoms. The lowest BCUT2D eigenvalue weighted by Crippen LogP contribution is -2.51. The second kappa shape index (κ2) is 14.3. The van der Waals surface area contributed by atoms with Crippen molar-refractivity contribution >= 4 is 23.0 Å². The van der Waals surface area contributed by atoms with Gasteiger partial charge in [0, 0.05) is 95.6 Å². The van der Waals surface area contributed by atoms with Crippen LogP contribution in [-0.2, 0) is 16.0 Å². The largest absolute Gasteiger partial charge is 0.389 e. The van der Waals surface area contributed by atoms with Gasteiger partial charge in [0.1, 0.15) is 0 Å². The maximum atomic E-state index is 13.2. The number of piperazine rings is 1. The average molecular weight is 640 g/mol. The predicted octanol–water partition coefficient (Wildman–Crippen LogP) is 3.37. The average Bonchev–Trinajstić information content (AvgIpc) is 3.49. The Balaban J connectivity index is 1.02. The minimum atomic E-state index is -4.34. The van der Waals surface area contributed by atoms with Gasteiger partial charge in [-0.3, -0.25) is 19.4 Å². The zero-order valence-electron chi connectivity index (χ0n) is 25.9. The van der Waals surface area contributed by atoms with Crippen LogP contribution in [0.4, 0.5) is 13.2 Å². The van der Waals surface area contributed by atoms with Gasteiger partial charge in [0.2, 0.25) is 5.91 Å². The van der Waals surface area contributed by atoms with Gasteiger partial charge < -0.3 is 14.5 Å². The highest BCUT2D eigenvalue weighted by Gasteiger charge is 2.30. The van der Waals surface area contributed by atoms with Gasteiger partial charge in [0.05, 0.1) is 19.6 Å². The fraction of sp³-hybridized carbons (Fsp3) is 0.515. The first kappa shape index (κ1) is 32.1. The zero-order chi connectivity index (χ0) is 32.1. The molecule has 0 atom stereocenters. The van der Waals surface area contributed by atoms with Gasteiger partial charge in [-0.15, -0.1) is 0 Å². The lowest BCUT2D eigenvalue weighted by atomic mass is 10.00. The third-order valence-electron chi connectivity index (χ3n) is 9.00. The SMILES string of the molecule is O=C(CCC(F)(F)F)N1CC=C(c2cccn3nc(Cc4ccc(C(=O)N5CCN(CCN6CCOCC6)CC5)cc4)nc23)CC1. The van der Waals surface area contributed by atoms with Crippen LogP contribution in [0.25, 0.3) is 11.2 Å². The summed E-state index contributed by atoms with van der Waals surface area (Å²) < 4.78 is 44.7. The second-order valence-corrected chi connectivity index (χ2v) is 12.1. The Bertz CT molecular complexity index is 1540. The molecule has 2 aromatic heterocycles. The summed E-state index contributed by atoms with van der Waals surface area (Å²) >= 11 is 0. The van der Waals surface area contributed by atoms with Gasteiger partial charge in [0.15, 0.2) is 11.5 Å². The molecule has 0 bridgehead atoms. The molecule has 2 amide bonds. The molecule has 6 rings (SSSR count). The Morgan fingerprint density at radius 2 is 1.59 bits per heavy atom. The first-order valence-corrected chi connectivity index (χ1v) is 16.0. The van der Waals surface area contributed by atoms with E-state index in [4.69, 9.17) is 9.72 Å². The van der Waals surface area contributed by atoms with E-state index in [0.717, 1.165) is 82.3 Å². The standard InChI is InChI=1S/C33H40F3N7O3/c34-33(35,36)10-7-30(44)41-12-8-26(9-13-41)28-2-1-11-43-31(28)37-29(38-43)24-25-3-5-27(6-4-25)32(45)42-18-16-39(17-19-42)14-15-40-20-22-46-23-21-40/h1-6,8,11H,7,9-10,12-24H2. The number of nitrogens with zero attached hydrogens (tertiary/aromatic N) is 7. The van der Waals surface area contributed by atoms with Crippen LogP contribution in [0, 0.1) is 0 Å². The molecule has 5 heterocycles. The summed E-state index contributed by atoms with van der Waals surface area (Å²) in [5.41, 5.74) is 4.24. The van der Waals surface area contributed by atoms with E-state index in [1.54, 1.807) is 4.52 Å². The van der Waals surface area contributed by atoms with Crippen molar-refractivity contribution in [3.63, 3.8) is 0 Å². The van der Waals surface area contributed by atoms with Gasteiger partial charge >= 0.3 is 6.18 Å². The van der Waals surface area contributed by atoms with Crippen molar-refractivity contribution < 1.29 is 27.5 Å². The number of benzene rings is 1. The molecule has 0 spiro atoms. The van der Waals surface area contributed by atoms with Crippen LogP contribution >= 0.6 is 0 Å². The van der Waals surface area contributed by atoms with E-state index in [2.05, 4.69) is 14.9 Å². The Kier molecular flexibility index (Phi) is 10.00. The van der Waals surface area contributed by atoms with Crippen molar-refractivity contribution in [2.45, 2.75) is 31.9 Å². The number of carbonyl (C=O) groups excluding carboxylic acids is 2. The van der Waals surface area contributed by atoms with Crippen molar-refractivity contribution in [2.24, 2.45) is 0 Å². The lowest BCUT2D eigenvalue weighted by Gasteiger charge is -2.36. The highest BCUT2D eigenvalue weighted by Crippen LogP contribution is 2.27. The number of hydrogen-bond donors (Lipinski definition) is 0. The Morgan fingerprint density at radius 3 is 2.26 bits per heavy atom. The zero-order valence-corrected chi connectivity index (χ0v) is 25.9. The van der Waals surface area contributed by atoms with Gasteiger partial charge in [-0.1, -0.05) is 18.2 Å². The molecule has 0 N–H and O–H groups in total. The molecule has 0 radical (unpaired) electrons. The van der Waals surface area contributed by atoms with E-state index in [9.17, 15) is 22.8 Å². The highest BCUT2D eigenvalue weighted by atomic mass is 19.4. The number of halogens is 3. The number of ether oxygens (including phenoxy) is 1. The van der Waals surface area contributed by atoms with Gasteiger partial charge in [-0.2, -0.15) is 18.3 Å². The molecule has 1 aromatic carbocycles. The normalized spacial score (nSPS) is 18.6. The summed E-state index contributed by atoms with van der Waals surface area (Å²) in [7, 11) is 0. The molecule has 0 unspecified atom stereocenters. The maximum Gasteiger partial charge on any atom is 0.389 e. The molecule has 0 aliphatic carbocycles. The Hall–Kier alpha value is -3.81. The predicted molar refractivity (Wildman–Crippen MR) is 166 cm³/mol. The Morgan fingerprint density at radius 1 is 0.870 bits per heavy atom. The van der Waals surface area contributed by atoms with Crippen molar-refractivity contribution in [1.82, 2.24) is 34.2 Å². The summed E-state index contributed by atoms with van der Waals surface area (Å²) in [6.07, 6.45) is -1.23. The quantitative estimate of drug-likeness (QED) is 0.355. The number of aromatic nitrogens is 3. The highest BCUT2D eigenvalue weighted by molar-refractivity contribution is 5.94. The van der Waals surface area contributed by atoms with E-state index in [1.807, 2.05) is 53.6 Å². The van der Waals surface area contributed by atoms with Crippen LogP contribution in [0.5, 0.6) is 0 Å². The smallest absolute Gasteiger partial charge is 0.379 e. The minimum absolute atomic E-state index is 0.0521. The molecular formula is C33H40F3N7O3. The third kappa shape index (κ3) is 8.12. The monoisotopic (exact) mass is 639 g/mol. The molecule has 246 valence electrons.